The first kappa shape index (κ1) is 13.5. The van der Waals surface area contributed by atoms with Gasteiger partial charge >= 0.3 is 0 Å². The van der Waals surface area contributed by atoms with Crippen molar-refractivity contribution in [1.29, 1.82) is 0 Å². The number of aromatic nitrogens is 2. The Labute approximate surface area is 117 Å². The second kappa shape index (κ2) is 5.80. The van der Waals surface area contributed by atoms with Gasteiger partial charge in [-0.3, -0.25) is 4.79 Å². The molecule has 1 amide bonds. The van der Waals surface area contributed by atoms with Crippen LogP contribution in [0.2, 0.25) is 5.15 Å². The summed E-state index contributed by atoms with van der Waals surface area (Å²) in [5, 5.41) is 0.273. The van der Waals surface area contributed by atoms with Crippen molar-refractivity contribution in [3.05, 3.63) is 53.1 Å². The van der Waals surface area contributed by atoms with E-state index < -0.39 is 0 Å². The number of carbonyl (C=O) groups is 1. The second-order valence-corrected chi connectivity index (χ2v) is 4.50. The minimum absolute atomic E-state index is 0.183. The number of hydrogen-bond acceptors (Lipinski definition) is 3. The molecular formula is C14H14ClN3O. The van der Waals surface area contributed by atoms with Crippen LogP contribution in [0.1, 0.15) is 23.0 Å². The quantitative estimate of drug-likeness (QED) is 0.865. The molecule has 0 aliphatic carbocycles. The Kier molecular flexibility index (Phi) is 4.12. The Hall–Kier alpha value is -1.94. The second-order valence-electron chi connectivity index (χ2n) is 4.11. The molecule has 1 aromatic heterocycles. The topological polar surface area (TPSA) is 46.1 Å². The summed E-state index contributed by atoms with van der Waals surface area (Å²) in [6.07, 6.45) is 2.77. The molecule has 0 aliphatic rings. The molecule has 0 saturated carbocycles. The Morgan fingerprint density at radius 2 is 2.11 bits per heavy atom. The van der Waals surface area contributed by atoms with Gasteiger partial charge in [-0.1, -0.05) is 23.7 Å². The van der Waals surface area contributed by atoms with Crippen molar-refractivity contribution in [2.75, 3.05) is 11.4 Å². The van der Waals surface area contributed by atoms with Crippen LogP contribution in [0.15, 0.2) is 36.7 Å². The Balaban J connectivity index is 2.31. The molecule has 0 N–H and O–H groups in total. The van der Waals surface area contributed by atoms with Crippen LogP contribution >= 0.6 is 11.6 Å². The van der Waals surface area contributed by atoms with Crippen LogP contribution in [-0.2, 0) is 0 Å². The molecule has 0 spiro atoms. The fourth-order valence-electron chi connectivity index (χ4n) is 1.80. The van der Waals surface area contributed by atoms with Gasteiger partial charge in [0.15, 0.2) is 0 Å². The van der Waals surface area contributed by atoms with E-state index in [9.17, 15) is 4.79 Å². The minimum atomic E-state index is -0.183. The molecule has 19 heavy (non-hydrogen) atoms. The van der Waals surface area contributed by atoms with Crippen LogP contribution in [0, 0.1) is 6.92 Å². The van der Waals surface area contributed by atoms with E-state index in [-0.39, 0.29) is 16.8 Å². The van der Waals surface area contributed by atoms with E-state index in [0.29, 0.717) is 6.54 Å². The minimum Gasteiger partial charge on any atom is -0.307 e. The smallest absolute Gasteiger partial charge is 0.278 e. The summed E-state index contributed by atoms with van der Waals surface area (Å²) in [6.45, 7) is 4.47. The Morgan fingerprint density at radius 3 is 2.68 bits per heavy atom. The SMILES string of the molecule is CCN(C(=O)c1cnc(Cl)cn1)c1cccc(C)c1. The van der Waals surface area contributed by atoms with Crippen molar-refractivity contribution in [2.24, 2.45) is 0 Å². The molecule has 0 saturated heterocycles. The first-order valence-corrected chi connectivity index (χ1v) is 6.35. The standard InChI is InChI=1S/C14H14ClN3O/c1-3-18(11-6-4-5-10(2)7-11)14(19)12-8-17-13(15)9-16-12/h4-9H,3H2,1-2H3. The molecule has 0 fully saturated rings. The molecule has 2 rings (SSSR count). The average Bonchev–Trinajstić information content (AvgIpc) is 2.40. The van der Waals surface area contributed by atoms with E-state index in [0.717, 1.165) is 11.3 Å². The lowest BCUT2D eigenvalue weighted by Gasteiger charge is -2.20. The number of carbonyl (C=O) groups excluding carboxylic acids is 1. The summed E-state index contributed by atoms with van der Waals surface area (Å²) >= 11 is 5.67. The molecule has 0 bridgehead atoms. The fourth-order valence-corrected chi connectivity index (χ4v) is 1.90. The number of anilines is 1. The normalized spacial score (nSPS) is 10.3. The van der Waals surface area contributed by atoms with Crippen molar-refractivity contribution in [1.82, 2.24) is 9.97 Å². The summed E-state index contributed by atoms with van der Waals surface area (Å²) < 4.78 is 0. The van der Waals surface area contributed by atoms with Crippen LogP contribution < -0.4 is 4.90 Å². The van der Waals surface area contributed by atoms with E-state index in [1.54, 1.807) is 4.90 Å². The first-order valence-electron chi connectivity index (χ1n) is 5.98. The van der Waals surface area contributed by atoms with Crippen LogP contribution in [0.3, 0.4) is 0 Å². The number of aryl methyl sites for hydroxylation is 1. The van der Waals surface area contributed by atoms with Gasteiger partial charge in [-0.25, -0.2) is 9.97 Å². The number of halogens is 1. The predicted octanol–water partition coefficient (Wildman–Crippen LogP) is 3.11. The van der Waals surface area contributed by atoms with Gasteiger partial charge in [0.2, 0.25) is 0 Å². The highest BCUT2D eigenvalue weighted by molar-refractivity contribution is 6.29. The van der Waals surface area contributed by atoms with Gasteiger partial charge in [0.25, 0.3) is 5.91 Å². The zero-order chi connectivity index (χ0) is 13.8. The lowest BCUT2D eigenvalue weighted by Crippen LogP contribution is -2.31. The number of benzene rings is 1. The fraction of sp³-hybridized carbons (Fsp3) is 0.214. The summed E-state index contributed by atoms with van der Waals surface area (Å²) in [4.78, 5) is 21.9. The van der Waals surface area contributed by atoms with Crippen LogP contribution in [-0.4, -0.2) is 22.4 Å². The molecule has 0 atom stereocenters. The van der Waals surface area contributed by atoms with Crippen LogP contribution in [0.4, 0.5) is 5.69 Å². The van der Waals surface area contributed by atoms with Crippen molar-refractivity contribution < 1.29 is 4.79 Å². The Bertz CT molecular complexity index is 583. The van der Waals surface area contributed by atoms with Gasteiger partial charge in [-0.15, -0.1) is 0 Å². The third-order valence-electron chi connectivity index (χ3n) is 2.71. The van der Waals surface area contributed by atoms with E-state index in [1.807, 2.05) is 38.1 Å². The molecule has 0 unspecified atom stereocenters. The molecular weight excluding hydrogens is 262 g/mol. The van der Waals surface area contributed by atoms with Gasteiger partial charge in [0.1, 0.15) is 10.8 Å². The zero-order valence-electron chi connectivity index (χ0n) is 10.8. The monoisotopic (exact) mass is 275 g/mol. The number of nitrogens with zero attached hydrogens (tertiary/aromatic N) is 3. The maximum Gasteiger partial charge on any atom is 0.278 e. The molecule has 2 aromatic rings. The summed E-state index contributed by atoms with van der Waals surface area (Å²) in [7, 11) is 0. The third kappa shape index (κ3) is 3.09. The molecule has 1 heterocycles. The van der Waals surface area contributed by atoms with Gasteiger partial charge in [-0.05, 0) is 31.5 Å². The number of amides is 1. The van der Waals surface area contributed by atoms with E-state index in [4.69, 9.17) is 11.6 Å². The van der Waals surface area contributed by atoms with Gasteiger partial charge in [0.05, 0.1) is 12.4 Å². The van der Waals surface area contributed by atoms with Gasteiger partial charge < -0.3 is 4.90 Å². The number of hydrogen-bond donors (Lipinski definition) is 0. The van der Waals surface area contributed by atoms with Crippen molar-refractivity contribution in [3.63, 3.8) is 0 Å². The van der Waals surface area contributed by atoms with Gasteiger partial charge in [-0.2, -0.15) is 0 Å². The van der Waals surface area contributed by atoms with Crippen molar-refractivity contribution in [2.45, 2.75) is 13.8 Å². The molecule has 5 heteroatoms. The van der Waals surface area contributed by atoms with Crippen molar-refractivity contribution in [3.8, 4) is 0 Å². The third-order valence-corrected chi connectivity index (χ3v) is 2.91. The van der Waals surface area contributed by atoms with Crippen molar-refractivity contribution >= 4 is 23.2 Å². The van der Waals surface area contributed by atoms with Crippen LogP contribution in [0.25, 0.3) is 0 Å². The van der Waals surface area contributed by atoms with Crippen LogP contribution in [0.5, 0.6) is 0 Å². The molecule has 4 nitrogen and oxygen atoms in total. The predicted molar refractivity (Wildman–Crippen MR) is 75.6 cm³/mol. The summed E-state index contributed by atoms with van der Waals surface area (Å²) in [5.41, 5.74) is 2.24. The van der Waals surface area contributed by atoms with E-state index >= 15 is 0 Å². The molecule has 98 valence electrons. The first-order chi connectivity index (χ1) is 9.11. The largest absolute Gasteiger partial charge is 0.307 e. The van der Waals surface area contributed by atoms with Gasteiger partial charge in [0, 0.05) is 12.2 Å². The maximum absolute atomic E-state index is 12.4. The molecule has 0 aliphatic heterocycles. The highest BCUT2D eigenvalue weighted by Gasteiger charge is 2.17. The van der Waals surface area contributed by atoms with E-state index in [1.165, 1.54) is 12.4 Å². The highest BCUT2D eigenvalue weighted by Crippen LogP contribution is 2.18. The lowest BCUT2D eigenvalue weighted by atomic mass is 10.2. The van der Waals surface area contributed by atoms with E-state index in [2.05, 4.69) is 9.97 Å². The summed E-state index contributed by atoms with van der Waals surface area (Å²) in [5.74, 6) is -0.183. The molecule has 1 aromatic carbocycles. The lowest BCUT2D eigenvalue weighted by molar-refractivity contribution is 0.0983. The molecule has 0 radical (unpaired) electrons. The zero-order valence-corrected chi connectivity index (χ0v) is 11.6. The highest BCUT2D eigenvalue weighted by atomic mass is 35.5. The Morgan fingerprint density at radius 1 is 1.32 bits per heavy atom. The number of rotatable bonds is 3. The average molecular weight is 276 g/mol. The summed E-state index contributed by atoms with van der Waals surface area (Å²) in [6, 6.07) is 7.78. The maximum atomic E-state index is 12.4.